The molecule has 0 radical (unpaired) electrons. The number of methoxy groups -OCH3 is 1. The molecular formula is C19H22O2. The summed E-state index contributed by atoms with van der Waals surface area (Å²) in [6.45, 7) is 2.20. The molecule has 0 unspecified atom stereocenters. The first-order chi connectivity index (χ1) is 10.2. The van der Waals surface area contributed by atoms with Gasteiger partial charge in [0.2, 0.25) is 0 Å². The lowest BCUT2D eigenvalue weighted by Crippen LogP contribution is -2.01. The fourth-order valence-electron chi connectivity index (χ4n) is 2.33. The zero-order valence-corrected chi connectivity index (χ0v) is 12.8. The van der Waals surface area contributed by atoms with Crippen molar-refractivity contribution in [2.24, 2.45) is 0 Å². The summed E-state index contributed by atoms with van der Waals surface area (Å²) in [6.07, 6.45) is 4.78. The van der Waals surface area contributed by atoms with Gasteiger partial charge in [-0.2, -0.15) is 0 Å². The highest BCUT2D eigenvalue weighted by atomic mass is 16.5. The van der Waals surface area contributed by atoms with Crippen LogP contribution < -0.4 is 4.74 Å². The Morgan fingerprint density at radius 3 is 2.43 bits per heavy atom. The van der Waals surface area contributed by atoms with E-state index in [0.717, 1.165) is 12.0 Å². The molecule has 0 aliphatic heterocycles. The molecule has 0 heterocycles. The minimum Gasteiger partial charge on any atom is -0.497 e. The van der Waals surface area contributed by atoms with E-state index in [1.54, 1.807) is 13.2 Å². The minimum atomic E-state index is 0.0361. The molecule has 0 spiro atoms. The Morgan fingerprint density at radius 1 is 1.00 bits per heavy atom. The van der Waals surface area contributed by atoms with Crippen LogP contribution in [0.5, 0.6) is 5.75 Å². The van der Waals surface area contributed by atoms with Gasteiger partial charge in [-0.15, -0.1) is 0 Å². The van der Waals surface area contributed by atoms with E-state index in [1.165, 1.54) is 24.8 Å². The van der Waals surface area contributed by atoms with E-state index in [0.29, 0.717) is 11.3 Å². The molecule has 0 aliphatic carbocycles. The van der Waals surface area contributed by atoms with E-state index in [2.05, 4.69) is 19.1 Å². The lowest BCUT2D eigenvalue weighted by Gasteiger charge is -2.05. The van der Waals surface area contributed by atoms with Gasteiger partial charge in [0.25, 0.3) is 0 Å². The topological polar surface area (TPSA) is 26.3 Å². The predicted octanol–water partition coefficient (Wildman–Crippen LogP) is 4.66. The Balaban J connectivity index is 2.08. The summed E-state index contributed by atoms with van der Waals surface area (Å²) in [5.74, 6) is 0.742. The molecule has 0 atom stereocenters. The van der Waals surface area contributed by atoms with Crippen molar-refractivity contribution < 1.29 is 9.53 Å². The van der Waals surface area contributed by atoms with Gasteiger partial charge in [0, 0.05) is 11.1 Å². The third kappa shape index (κ3) is 4.19. The fourth-order valence-corrected chi connectivity index (χ4v) is 2.33. The van der Waals surface area contributed by atoms with Gasteiger partial charge in [-0.3, -0.25) is 4.79 Å². The van der Waals surface area contributed by atoms with Crippen LogP contribution in [-0.4, -0.2) is 12.9 Å². The number of hydrogen-bond acceptors (Lipinski definition) is 2. The first kappa shape index (κ1) is 15.3. The van der Waals surface area contributed by atoms with Gasteiger partial charge < -0.3 is 4.74 Å². The highest BCUT2D eigenvalue weighted by Gasteiger charge is 2.09. The van der Waals surface area contributed by atoms with Crippen molar-refractivity contribution in [2.45, 2.75) is 32.6 Å². The molecule has 2 aromatic carbocycles. The summed E-state index contributed by atoms with van der Waals surface area (Å²) in [5.41, 5.74) is 2.68. The maximum atomic E-state index is 12.4. The molecule has 2 nitrogen and oxygen atoms in total. The second-order valence-electron chi connectivity index (χ2n) is 5.22. The second kappa shape index (κ2) is 7.63. The number of unbranched alkanes of at least 4 members (excludes halogenated alkanes) is 2. The average Bonchev–Trinajstić information content (AvgIpc) is 2.55. The maximum Gasteiger partial charge on any atom is 0.193 e. The number of carbonyl (C=O) groups excluding carboxylic acids is 1. The van der Waals surface area contributed by atoms with Crippen LogP contribution in [0.25, 0.3) is 0 Å². The van der Waals surface area contributed by atoms with Crippen LogP contribution in [-0.2, 0) is 6.42 Å². The zero-order valence-electron chi connectivity index (χ0n) is 12.8. The molecule has 0 aliphatic rings. The van der Waals surface area contributed by atoms with E-state index >= 15 is 0 Å². The van der Waals surface area contributed by atoms with Crippen molar-refractivity contribution in [3.63, 3.8) is 0 Å². The van der Waals surface area contributed by atoms with Gasteiger partial charge in [0.05, 0.1) is 7.11 Å². The first-order valence-electron chi connectivity index (χ1n) is 7.52. The molecule has 0 fully saturated rings. The summed E-state index contributed by atoms with van der Waals surface area (Å²) in [7, 11) is 1.61. The molecule has 0 aromatic heterocycles. The lowest BCUT2D eigenvalue weighted by atomic mass is 10.00. The van der Waals surface area contributed by atoms with Crippen molar-refractivity contribution in [2.75, 3.05) is 7.11 Å². The molecular weight excluding hydrogens is 260 g/mol. The summed E-state index contributed by atoms with van der Waals surface area (Å²) in [4.78, 5) is 12.4. The van der Waals surface area contributed by atoms with E-state index in [-0.39, 0.29) is 5.78 Å². The van der Waals surface area contributed by atoms with Gasteiger partial charge in [-0.1, -0.05) is 56.2 Å². The van der Waals surface area contributed by atoms with Crippen molar-refractivity contribution in [3.05, 3.63) is 65.2 Å². The normalized spacial score (nSPS) is 10.4. The van der Waals surface area contributed by atoms with Gasteiger partial charge in [-0.25, -0.2) is 0 Å². The quantitative estimate of drug-likeness (QED) is 0.545. The molecule has 0 bridgehead atoms. The Kier molecular flexibility index (Phi) is 5.56. The number of carbonyl (C=O) groups is 1. The maximum absolute atomic E-state index is 12.4. The summed E-state index contributed by atoms with van der Waals surface area (Å²) in [5, 5.41) is 0. The third-order valence-corrected chi connectivity index (χ3v) is 3.62. The highest BCUT2D eigenvalue weighted by molar-refractivity contribution is 6.09. The number of ether oxygens (including phenoxy) is 1. The van der Waals surface area contributed by atoms with Crippen LogP contribution in [0.15, 0.2) is 48.5 Å². The number of benzene rings is 2. The van der Waals surface area contributed by atoms with Gasteiger partial charge >= 0.3 is 0 Å². The van der Waals surface area contributed by atoms with Crippen LogP contribution in [0, 0.1) is 0 Å². The molecule has 0 saturated carbocycles. The van der Waals surface area contributed by atoms with E-state index in [4.69, 9.17) is 4.74 Å². The molecule has 21 heavy (non-hydrogen) atoms. The summed E-state index contributed by atoms with van der Waals surface area (Å²) in [6, 6.07) is 15.2. The predicted molar refractivity (Wildman–Crippen MR) is 86.1 cm³/mol. The smallest absolute Gasteiger partial charge is 0.193 e. The van der Waals surface area contributed by atoms with Crippen molar-refractivity contribution >= 4 is 5.78 Å². The standard InChI is InChI=1S/C19H22O2/c1-3-4-5-7-15-10-12-16(13-11-15)19(20)17-8-6-9-18(14-17)21-2/h6,8-14H,3-5,7H2,1-2H3. The monoisotopic (exact) mass is 282 g/mol. The van der Waals surface area contributed by atoms with Crippen molar-refractivity contribution in [1.82, 2.24) is 0 Å². The molecule has 2 rings (SSSR count). The van der Waals surface area contributed by atoms with Crippen molar-refractivity contribution in [3.8, 4) is 5.75 Å². The van der Waals surface area contributed by atoms with Gasteiger partial charge in [0.1, 0.15) is 5.75 Å². The Labute approximate surface area is 126 Å². The molecule has 2 aromatic rings. The van der Waals surface area contributed by atoms with Crippen LogP contribution in [0.1, 0.15) is 47.7 Å². The fraction of sp³-hybridized carbons (Fsp3) is 0.316. The Hall–Kier alpha value is -2.09. The van der Waals surface area contributed by atoms with Crippen LogP contribution >= 0.6 is 0 Å². The number of hydrogen-bond donors (Lipinski definition) is 0. The largest absolute Gasteiger partial charge is 0.497 e. The highest BCUT2D eigenvalue weighted by Crippen LogP contribution is 2.17. The molecule has 2 heteroatoms. The third-order valence-electron chi connectivity index (χ3n) is 3.62. The van der Waals surface area contributed by atoms with E-state index in [1.807, 2.05) is 30.3 Å². The number of aryl methyl sites for hydroxylation is 1. The van der Waals surface area contributed by atoms with Gasteiger partial charge in [-0.05, 0) is 30.5 Å². The van der Waals surface area contributed by atoms with Crippen molar-refractivity contribution in [1.29, 1.82) is 0 Å². The van der Waals surface area contributed by atoms with Crippen LogP contribution in [0.2, 0.25) is 0 Å². The molecule has 110 valence electrons. The number of ketones is 1. The van der Waals surface area contributed by atoms with Crippen LogP contribution in [0.4, 0.5) is 0 Å². The molecule has 0 N–H and O–H groups in total. The molecule has 0 saturated heterocycles. The van der Waals surface area contributed by atoms with E-state index < -0.39 is 0 Å². The second-order valence-corrected chi connectivity index (χ2v) is 5.22. The number of rotatable bonds is 7. The van der Waals surface area contributed by atoms with Gasteiger partial charge in [0.15, 0.2) is 5.78 Å². The molecule has 0 amide bonds. The zero-order chi connectivity index (χ0) is 15.1. The summed E-state index contributed by atoms with van der Waals surface area (Å²) >= 11 is 0. The summed E-state index contributed by atoms with van der Waals surface area (Å²) < 4.78 is 5.16. The Bertz CT molecular complexity index is 585. The minimum absolute atomic E-state index is 0.0361. The SMILES string of the molecule is CCCCCc1ccc(C(=O)c2cccc(OC)c2)cc1. The lowest BCUT2D eigenvalue weighted by molar-refractivity contribution is 0.103. The Morgan fingerprint density at radius 2 is 1.76 bits per heavy atom. The van der Waals surface area contributed by atoms with Crippen LogP contribution in [0.3, 0.4) is 0 Å². The first-order valence-corrected chi connectivity index (χ1v) is 7.52. The van der Waals surface area contributed by atoms with E-state index in [9.17, 15) is 4.79 Å². The average molecular weight is 282 g/mol.